The van der Waals surface area contributed by atoms with Gasteiger partial charge in [0.25, 0.3) is 5.41 Å². The van der Waals surface area contributed by atoms with E-state index in [4.69, 9.17) is 10.2 Å². The van der Waals surface area contributed by atoms with Crippen LogP contribution in [0.2, 0.25) is 0 Å². The molecular weight excluding hydrogens is 204 g/mol. The minimum absolute atomic E-state index is 0.358. The van der Waals surface area contributed by atoms with Gasteiger partial charge in [-0.15, -0.1) is 0 Å². The lowest BCUT2D eigenvalue weighted by atomic mass is 9.85. The average molecular weight is 218 g/mol. The third-order valence-electron chi connectivity index (χ3n) is 1.95. The van der Waals surface area contributed by atoms with Crippen molar-refractivity contribution in [1.29, 1.82) is 0 Å². The molecule has 0 heterocycles. The van der Waals surface area contributed by atoms with Crippen LogP contribution < -0.4 is 0 Å². The number of rotatable bonds is 5. The summed E-state index contributed by atoms with van der Waals surface area (Å²) in [5.74, 6) is -4.65. The molecule has 0 spiro atoms. The van der Waals surface area contributed by atoms with E-state index in [0.717, 1.165) is 0 Å². The molecule has 15 heavy (non-hydrogen) atoms. The van der Waals surface area contributed by atoms with Gasteiger partial charge < -0.3 is 14.9 Å². The normalized spacial score (nSPS) is 11.2. The van der Waals surface area contributed by atoms with Crippen molar-refractivity contribution in [3.8, 4) is 0 Å². The predicted molar refractivity (Wildman–Crippen MR) is 49.2 cm³/mol. The minimum atomic E-state index is -2.50. The molecule has 0 radical (unpaired) electrons. The van der Waals surface area contributed by atoms with Crippen molar-refractivity contribution in [3.05, 3.63) is 0 Å². The minimum Gasteiger partial charge on any atom is -0.480 e. The first-order valence-corrected chi connectivity index (χ1v) is 4.46. The predicted octanol–water partition coefficient (Wildman–Crippen LogP) is 0.504. The van der Waals surface area contributed by atoms with E-state index in [-0.39, 0.29) is 6.42 Å². The van der Waals surface area contributed by atoms with Crippen molar-refractivity contribution in [2.45, 2.75) is 33.3 Å². The Hall–Kier alpha value is -1.59. The van der Waals surface area contributed by atoms with Crippen LogP contribution in [0.1, 0.15) is 27.2 Å². The maximum absolute atomic E-state index is 11.4. The molecule has 0 saturated carbocycles. The Labute approximate surface area is 86.8 Å². The van der Waals surface area contributed by atoms with Crippen LogP contribution in [0.3, 0.4) is 0 Å². The zero-order valence-corrected chi connectivity index (χ0v) is 8.81. The van der Waals surface area contributed by atoms with Crippen molar-refractivity contribution in [2.24, 2.45) is 5.41 Å². The van der Waals surface area contributed by atoms with Crippen molar-refractivity contribution in [3.63, 3.8) is 0 Å². The third kappa shape index (κ3) is 2.45. The summed E-state index contributed by atoms with van der Waals surface area (Å²) in [6.45, 7) is 4.34. The van der Waals surface area contributed by atoms with Crippen LogP contribution in [0.4, 0.5) is 0 Å². The smallest absolute Gasteiger partial charge is 0.335 e. The molecule has 0 aromatic carbocycles. The second-order valence-electron chi connectivity index (χ2n) is 3.32. The van der Waals surface area contributed by atoms with E-state index in [1.165, 1.54) is 20.8 Å². The van der Waals surface area contributed by atoms with Gasteiger partial charge in [-0.05, 0) is 20.3 Å². The molecule has 0 aliphatic carbocycles. The maximum atomic E-state index is 11.4. The molecule has 0 rings (SSSR count). The van der Waals surface area contributed by atoms with Gasteiger partial charge in [0.1, 0.15) is 0 Å². The molecule has 0 aliphatic rings. The molecule has 0 atom stereocenters. The molecule has 0 aliphatic heterocycles. The third-order valence-corrected chi connectivity index (χ3v) is 1.95. The standard InChI is InChI=1S/C9H14O6/c1-4-9(6(10)11,7(12)13)8(14)15-5(2)3/h5H,4H2,1-3H3,(H,10,11)(H,12,13). The summed E-state index contributed by atoms with van der Waals surface area (Å²) in [4.78, 5) is 33.1. The Morgan fingerprint density at radius 1 is 1.20 bits per heavy atom. The fourth-order valence-electron chi connectivity index (χ4n) is 1.03. The van der Waals surface area contributed by atoms with Crippen molar-refractivity contribution >= 4 is 17.9 Å². The molecule has 0 unspecified atom stereocenters. The summed E-state index contributed by atoms with van der Waals surface area (Å²) >= 11 is 0. The molecular formula is C9H14O6. The monoisotopic (exact) mass is 218 g/mol. The quantitative estimate of drug-likeness (QED) is 0.514. The average Bonchev–Trinajstić information content (AvgIpc) is 2.02. The van der Waals surface area contributed by atoms with Gasteiger partial charge in [0.2, 0.25) is 0 Å². The van der Waals surface area contributed by atoms with Gasteiger partial charge in [0.05, 0.1) is 6.10 Å². The number of hydrogen-bond donors (Lipinski definition) is 2. The van der Waals surface area contributed by atoms with E-state index in [1.807, 2.05) is 0 Å². The molecule has 0 bridgehead atoms. The van der Waals surface area contributed by atoms with Gasteiger partial charge in [-0.3, -0.25) is 14.4 Å². The van der Waals surface area contributed by atoms with Gasteiger partial charge >= 0.3 is 17.9 Å². The first-order valence-electron chi connectivity index (χ1n) is 4.46. The molecule has 6 heteroatoms. The van der Waals surface area contributed by atoms with Crippen molar-refractivity contribution in [1.82, 2.24) is 0 Å². The highest BCUT2D eigenvalue weighted by atomic mass is 16.5. The first-order chi connectivity index (χ1) is 6.78. The van der Waals surface area contributed by atoms with Crippen molar-refractivity contribution < 1.29 is 29.3 Å². The van der Waals surface area contributed by atoms with E-state index in [9.17, 15) is 14.4 Å². The number of aliphatic carboxylic acids is 2. The summed E-state index contributed by atoms with van der Waals surface area (Å²) in [6.07, 6.45) is -0.912. The van der Waals surface area contributed by atoms with Crippen LogP contribution in [0.25, 0.3) is 0 Å². The van der Waals surface area contributed by atoms with E-state index < -0.39 is 29.4 Å². The molecule has 0 aromatic heterocycles. The summed E-state index contributed by atoms with van der Waals surface area (Å²) in [5, 5.41) is 17.6. The van der Waals surface area contributed by atoms with E-state index in [1.54, 1.807) is 0 Å². The highest BCUT2D eigenvalue weighted by Crippen LogP contribution is 2.25. The second kappa shape index (κ2) is 4.77. The Morgan fingerprint density at radius 2 is 1.60 bits per heavy atom. The summed E-state index contributed by atoms with van der Waals surface area (Å²) in [5.41, 5.74) is -2.50. The van der Waals surface area contributed by atoms with Crippen molar-refractivity contribution in [2.75, 3.05) is 0 Å². The van der Waals surface area contributed by atoms with Crippen LogP contribution in [-0.4, -0.2) is 34.2 Å². The van der Waals surface area contributed by atoms with E-state index >= 15 is 0 Å². The lowest BCUT2D eigenvalue weighted by molar-refractivity contribution is -0.180. The van der Waals surface area contributed by atoms with Gasteiger partial charge in [0.15, 0.2) is 0 Å². The zero-order chi connectivity index (χ0) is 12.2. The Balaban J connectivity index is 5.18. The zero-order valence-electron chi connectivity index (χ0n) is 8.81. The molecule has 6 nitrogen and oxygen atoms in total. The summed E-state index contributed by atoms with van der Waals surface area (Å²) in [6, 6.07) is 0. The molecule has 0 fully saturated rings. The van der Waals surface area contributed by atoms with Crippen LogP contribution in [0, 0.1) is 5.41 Å². The fraction of sp³-hybridized carbons (Fsp3) is 0.667. The molecule has 0 saturated heterocycles. The Bertz CT molecular complexity index is 266. The number of carbonyl (C=O) groups excluding carboxylic acids is 1. The van der Waals surface area contributed by atoms with E-state index in [0.29, 0.717) is 0 Å². The molecule has 86 valence electrons. The highest BCUT2D eigenvalue weighted by Gasteiger charge is 2.54. The van der Waals surface area contributed by atoms with Crippen LogP contribution >= 0.6 is 0 Å². The molecule has 0 amide bonds. The van der Waals surface area contributed by atoms with E-state index in [2.05, 4.69) is 4.74 Å². The van der Waals surface area contributed by atoms with Crippen LogP contribution in [0.5, 0.6) is 0 Å². The topological polar surface area (TPSA) is 101 Å². The number of carbonyl (C=O) groups is 3. The number of hydrogen-bond acceptors (Lipinski definition) is 4. The highest BCUT2D eigenvalue weighted by molar-refractivity contribution is 6.16. The number of carboxylic acid groups (broad SMARTS) is 2. The van der Waals surface area contributed by atoms with Gasteiger partial charge in [-0.1, -0.05) is 6.92 Å². The first kappa shape index (κ1) is 13.4. The SMILES string of the molecule is CCC(C(=O)O)(C(=O)O)C(=O)OC(C)C. The largest absolute Gasteiger partial charge is 0.480 e. The van der Waals surface area contributed by atoms with Gasteiger partial charge in [-0.25, -0.2) is 0 Å². The molecule has 0 aromatic rings. The number of carboxylic acids is 2. The summed E-state index contributed by atoms with van der Waals surface area (Å²) in [7, 11) is 0. The molecule has 2 N–H and O–H groups in total. The van der Waals surface area contributed by atoms with Gasteiger partial charge in [-0.2, -0.15) is 0 Å². The van der Waals surface area contributed by atoms with Crippen LogP contribution in [0.15, 0.2) is 0 Å². The lowest BCUT2D eigenvalue weighted by Crippen LogP contribution is -2.47. The number of ether oxygens (including phenoxy) is 1. The number of esters is 1. The van der Waals surface area contributed by atoms with Gasteiger partial charge in [0, 0.05) is 0 Å². The van der Waals surface area contributed by atoms with Crippen LogP contribution in [-0.2, 0) is 19.1 Å². The summed E-state index contributed by atoms with van der Waals surface area (Å²) < 4.78 is 4.63. The Morgan fingerprint density at radius 3 is 1.80 bits per heavy atom. The fourth-order valence-corrected chi connectivity index (χ4v) is 1.03. The maximum Gasteiger partial charge on any atom is 0.335 e. The lowest BCUT2D eigenvalue weighted by Gasteiger charge is -2.22. The Kier molecular flexibility index (Phi) is 4.26. The second-order valence-corrected chi connectivity index (χ2v) is 3.32.